The largest absolute Gasteiger partial charge is 0.490 e. The molecule has 1 amide bonds. The van der Waals surface area contributed by atoms with Crippen LogP contribution in [0, 0.1) is 11.3 Å². The summed E-state index contributed by atoms with van der Waals surface area (Å²) < 4.78 is 17.1. The zero-order chi connectivity index (χ0) is 21.5. The Hall–Kier alpha value is -3.98. The quantitative estimate of drug-likeness (QED) is 0.653. The summed E-state index contributed by atoms with van der Waals surface area (Å²) in [5.41, 5.74) is 2.80. The third kappa shape index (κ3) is 5.14. The maximum atomic E-state index is 12.6. The molecule has 3 aromatic carbocycles. The van der Waals surface area contributed by atoms with Crippen molar-refractivity contribution in [3.63, 3.8) is 0 Å². The molecule has 0 unspecified atom stereocenters. The van der Waals surface area contributed by atoms with Crippen LogP contribution in [0.2, 0.25) is 0 Å². The summed E-state index contributed by atoms with van der Waals surface area (Å²) in [5.74, 6) is 1.80. The van der Waals surface area contributed by atoms with Crippen molar-refractivity contribution in [1.29, 1.82) is 5.26 Å². The number of benzene rings is 3. The second-order valence-electron chi connectivity index (χ2n) is 7.10. The number of hydrogen-bond acceptors (Lipinski definition) is 5. The minimum atomic E-state index is -0.199. The summed E-state index contributed by atoms with van der Waals surface area (Å²) in [6.45, 7) is 1.89. The molecule has 1 N–H and O–H groups in total. The molecule has 1 aliphatic heterocycles. The molecule has 1 aliphatic rings. The lowest BCUT2D eigenvalue weighted by Gasteiger charge is -2.11. The van der Waals surface area contributed by atoms with E-state index in [0.717, 1.165) is 23.3 Å². The Morgan fingerprint density at radius 1 is 1.00 bits per heavy atom. The number of amides is 1. The second-order valence-corrected chi connectivity index (χ2v) is 7.10. The topological polar surface area (TPSA) is 80.6 Å². The molecule has 0 saturated heterocycles. The highest BCUT2D eigenvalue weighted by molar-refractivity contribution is 5.94. The highest BCUT2D eigenvalue weighted by Crippen LogP contribution is 2.30. The van der Waals surface area contributed by atoms with E-state index < -0.39 is 0 Å². The van der Waals surface area contributed by atoms with Crippen molar-refractivity contribution in [2.75, 3.05) is 13.2 Å². The zero-order valence-corrected chi connectivity index (χ0v) is 17.0. The van der Waals surface area contributed by atoms with Gasteiger partial charge in [-0.2, -0.15) is 5.26 Å². The molecule has 0 saturated carbocycles. The number of nitriles is 1. The van der Waals surface area contributed by atoms with Crippen LogP contribution in [0.3, 0.4) is 0 Å². The highest BCUT2D eigenvalue weighted by Gasteiger charge is 2.12. The molecule has 0 bridgehead atoms. The summed E-state index contributed by atoms with van der Waals surface area (Å²) >= 11 is 0. The van der Waals surface area contributed by atoms with Crippen molar-refractivity contribution in [3.05, 3.63) is 89.0 Å². The number of carbonyl (C=O) groups excluding carboxylic acids is 1. The standard InChI is InChI=1S/C25H22N2O4/c26-15-20-5-1-2-6-21(20)17-31-22-8-3-7-19(14-22)25(28)27-16-18-9-10-23-24(13-18)30-12-4-11-29-23/h1-3,5-10,13-14H,4,11-12,16-17H2,(H,27,28). The molecular formula is C25H22N2O4. The normalized spacial score (nSPS) is 12.4. The van der Waals surface area contributed by atoms with Crippen LogP contribution in [0.1, 0.15) is 33.5 Å². The Morgan fingerprint density at radius 3 is 2.71 bits per heavy atom. The van der Waals surface area contributed by atoms with Crippen molar-refractivity contribution in [2.45, 2.75) is 19.6 Å². The molecule has 0 aromatic heterocycles. The SMILES string of the molecule is N#Cc1ccccc1COc1cccc(C(=O)NCc2ccc3c(c2)OCCCO3)c1. The van der Waals surface area contributed by atoms with E-state index in [9.17, 15) is 10.1 Å². The van der Waals surface area contributed by atoms with Crippen LogP contribution >= 0.6 is 0 Å². The van der Waals surface area contributed by atoms with Gasteiger partial charge in [0.05, 0.1) is 24.8 Å². The molecule has 6 heteroatoms. The zero-order valence-electron chi connectivity index (χ0n) is 17.0. The lowest BCUT2D eigenvalue weighted by molar-refractivity contribution is 0.0950. The maximum Gasteiger partial charge on any atom is 0.251 e. The average molecular weight is 414 g/mol. The first-order valence-corrected chi connectivity index (χ1v) is 10.1. The first-order valence-electron chi connectivity index (χ1n) is 10.1. The van der Waals surface area contributed by atoms with Crippen molar-refractivity contribution < 1.29 is 19.0 Å². The van der Waals surface area contributed by atoms with Gasteiger partial charge in [-0.25, -0.2) is 0 Å². The van der Waals surface area contributed by atoms with E-state index in [1.165, 1.54) is 0 Å². The Morgan fingerprint density at radius 2 is 1.84 bits per heavy atom. The van der Waals surface area contributed by atoms with Crippen LogP contribution < -0.4 is 19.5 Å². The lowest BCUT2D eigenvalue weighted by Crippen LogP contribution is -2.22. The first kappa shape index (κ1) is 20.3. The van der Waals surface area contributed by atoms with Gasteiger partial charge in [0.1, 0.15) is 12.4 Å². The fraction of sp³-hybridized carbons (Fsp3) is 0.200. The minimum Gasteiger partial charge on any atom is -0.490 e. The van der Waals surface area contributed by atoms with Crippen molar-refractivity contribution >= 4 is 5.91 Å². The molecule has 156 valence electrons. The third-order valence-electron chi connectivity index (χ3n) is 4.89. The molecule has 0 radical (unpaired) electrons. The van der Waals surface area contributed by atoms with Crippen molar-refractivity contribution in [1.82, 2.24) is 5.32 Å². The van der Waals surface area contributed by atoms with Crippen LogP contribution in [-0.4, -0.2) is 19.1 Å². The molecule has 3 aromatic rings. The van der Waals surface area contributed by atoms with Gasteiger partial charge in [-0.1, -0.05) is 30.3 Å². The van der Waals surface area contributed by atoms with E-state index in [-0.39, 0.29) is 12.5 Å². The summed E-state index contributed by atoms with van der Waals surface area (Å²) in [7, 11) is 0. The predicted octanol–water partition coefficient (Wildman–Crippen LogP) is 4.23. The summed E-state index contributed by atoms with van der Waals surface area (Å²) in [6.07, 6.45) is 0.848. The van der Waals surface area contributed by atoms with Gasteiger partial charge in [0.2, 0.25) is 0 Å². The highest BCUT2D eigenvalue weighted by atomic mass is 16.5. The number of nitrogens with one attached hydrogen (secondary N) is 1. The van der Waals surface area contributed by atoms with Gasteiger partial charge in [-0.05, 0) is 42.0 Å². The number of nitrogens with zero attached hydrogens (tertiary/aromatic N) is 1. The fourth-order valence-corrected chi connectivity index (χ4v) is 3.25. The monoisotopic (exact) mass is 414 g/mol. The Labute approximate surface area is 181 Å². The van der Waals surface area contributed by atoms with E-state index in [4.69, 9.17) is 14.2 Å². The van der Waals surface area contributed by atoms with E-state index in [0.29, 0.717) is 42.4 Å². The van der Waals surface area contributed by atoms with E-state index in [1.54, 1.807) is 30.3 Å². The second kappa shape index (κ2) is 9.68. The molecular weight excluding hydrogens is 392 g/mol. The van der Waals surface area contributed by atoms with Crippen LogP contribution in [0.15, 0.2) is 66.7 Å². The van der Waals surface area contributed by atoms with Crippen LogP contribution in [0.4, 0.5) is 0 Å². The van der Waals surface area contributed by atoms with E-state index in [2.05, 4.69) is 11.4 Å². The van der Waals surface area contributed by atoms with E-state index >= 15 is 0 Å². The van der Waals surface area contributed by atoms with Gasteiger partial charge in [0, 0.05) is 24.1 Å². The van der Waals surface area contributed by atoms with Gasteiger partial charge in [-0.3, -0.25) is 4.79 Å². The molecule has 6 nitrogen and oxygen atoms in total. The van der Waals surface area contributed by atoms with Crippen LogP contribution in [0.25, 0.3) is 0 Å². The smallest absolute Gasteiger partial charge is 0.251 e. The molecule has 0 fully saturated rings. The Balaban J connectivity index is 1.37. The minimum absolute atomic E-state index is 0.199. The lowest BCUT2D eigenvalue weighted by atomic mass is 10.1. The van der Waals surface area contributed by atoms with Gasteiger partial charge in [0.25, 0.3) is 5.91 Å². The number of hydrogen-bond donors (Lipinski definition) is 1. The Bertz CT molecular complexity index is 1120. The predicted molar refractivity (Wildman–Crippen MR) is 115 cm³/mol. The third-order valence-corrected chi connectivity index (χ3v) is 4.89. The van der Waals surface area contributed by atoms with Crippen molar-refractivity contribution in [2.24, 2.45) is 0 Å². The molecule has 1 heterocycles. The summed E-state index contributed by atoms with van der Waals surface area (Å²) in [6, 6.07) is 22.1. The van der Waals surface area contributed by atoms with Gasteiger partial charge in [0.15, 0.2) is 11.5 Å². The number of carbonyl (C=O) groups is 1. The van der Waals surface area contributed by atoms with Gasteiger partial charge >= 0.3 is 0 Å². The molecule has 0 aliphatic carbocycles. The fourth-order valence-electron chi connectivity index (χ4n) is 3.25. The van der Waals surface area contributed by atoms with Gasteiger partial charge < -0.3 is 19.5 Å². The molecule has 0 atom stereocenters. The summed E-state index contributed by atoms with van der Waals surface area (Å²) in [5, 5.41) is 12.1. The van der Waals surface area contributed by atoms with E-state index in [1.807, 2.05) is 36.4 Å². The number of fused-ring (bicyclic) bond motifs is 1. The van der Waals surface area contributed by atoms with Crippen LogP contribution in [-0.2, 0) is 13.2 Å². The van der Waals surface area contributed by atoms with Gasteiger partial charge in [-0.15, -0.1) is 0 Å². The molecule has 4 rings (SSSR count). The first-order chi connectivity index (χ1) is 15.2. The number of rotatable bonds is 6. The molecule has 31 heavy (non-hydrogen) atoms. The summed E-state index contributed by atoms with van der Waals surface area (Å²) in [4.78, 5) is 12.6. The maximum absolute atomic E-state index is 12.6. The number of ether oxygens (including phenoxy) is 3. The average Bonchev–Trinajstić information content (AvgIpc) is 3.06. The van der Waals surface area contributed by atoms with Crippen LogP contribution in [0.5, 0.6) is 17.2 Å². The Kier molecular flexibility index (Phi) is 6.34. The van der Waals surface area contributed by atoms with Crippen molar-refractivity contribution in [3.8, 4) is 23.3 Å². The molecule has 0 spiro atoms.